The molecule has 2 aliphatic rings. The van der Waals surface area contributed by atoms with E-state index in [9.17, 15) is 8.22 Å². The second-order valence-corrected chi connectivity index (χ2v) is 14.1. The van der Waals surface area contributed by atoms with Crippen LogP contribution in [0.15, 0.2) is 161 Å². The molecular formula is C46H31N3S. The molecule has 0 atom stereocenters. The number of nitrogens with zero attached hydrogens (tertiary/aromatic N) is 3. The van der Waals surface area contributed by atoms with Crippen molar-refractivity contribution in [2.24, 2.45) is 0 Å². The van der Waals surface area contributed by atoms with E-state index < -0.39 is 19.1 Å². The minimum atomic E-state index is -2.97. The van der Waals surface area contributed by atoms with Crippen LogP contribution in [-0.2, 0) is 5.41 Å². The fourth-order valence-corrected chi connectivity index (χ4v) is 9.52. The normalized spacial score (nSPS) is 16.2. The van der Waals surface area contributed by atoms with E-state index in [-0.39, 0.29) is 11.1 Å². The topological polar surface area (TPSA) is 22.2 Å². The third-order valence-corrected chi connectivity index (χ3v) is 11.6. The van der Waals surface area contributed by atoms with Crippen molar-refractivity contribution >= 4 is 39.6 Å². The van der Waals surface area contributed by atoms with Crippen LogP contribution in [0.2, 0.25) is 0 Å². The van der Waals surface area contributed by atoms with Crippen LogP contribution in [0.3, 0.4) is 0 Å². The van der Waals surface area contributed by atoms with Gasteiger partial charge in [0.05, 0.1) is 27.8 Å². The van der Waals surface area contributed by atoms with Crippen LogP contribution < -0.4 is 0 Å². The van der Waals surface area contributed by atoms with Crippen molar-refractivity contribution in [3.63, 3.8) is 0 Å². The molecule has 2 aromatic heterocycles. The fourth-order valence-electron chi connectivity index (χ4n) is 8.21. The van der Waals surface area contributed by atoms with E-state index in [4.69, 9.17) is 4.98 Å². The molecule has 7 aromatic carbocycles. The predicted octanol–water partition coefficient (Wildman–Crippen LogP) is 12.2. The number of para-hydroxylation sites is 4. The van der Waals surface area contributed by atoms with Crippen LogP contribution in [0.25, 0.3) is 78.0 Å². The third kappa shape index (κ3) is 3.69. The predicted molar refractivity (Wildman–Crippen MR) is 208 cm³/mol. The highest BCUT2D eigenvalue weighted by Gasteiger charge is 2.37. The number of hydrogen-bond acceptors (Lipinski definition) is 2. The molecule has 11 rings (SSSR count). The Morgan fingerprint density at radius 3 is 1.70 bits per heavy atom. The Morgan fingerprint density at radius 2 is 1.06 bits per heavy atom. The van der Waals surface area contributed by atoms with Crippen LogP contribution in [0, 0.1) is 0 Å². The third-order valence-electron chi connectivity index (χ3n) is 10.4. The van der Waals surface area contributed by atoms with Crippen LogP contribution in [0.5, 0.6) is 0 Å². The Labute approximate surface area is 302 Å². The minimum Gasteiger partial charge on any atom is -0.277 e. The molecule has 0 saturated carbocycles. The average molecular weight is 664 g/mol. The van der Waals surface area contributed by atoms with E-state index in [1.165, 1.54) is 11.8 Å². The number of benzene rings is 7. The maximum absolute atomic E-state index is 9.29. The molecule has 1 aliphatic heterocycles. The first-order valence-corrected chi connectivity index (χ1v) is 17.5. The van der Waals surface area contributed by atoms with Gasteiger partial charge in [0.2, 0.25) is 5.78 Å². The van der Waals surface area contributed by atoms with Crippen LogP contribution in [0.1, 0.15) is 33.1 Å². The second kappa shape index (κ2) is 10.1. The zero-order valence-electron chi connectivity index (χ0n) is 32.7. The van der Waals surface area contributed by atoms with Crippen molar-refractivity contribution in [3.05, 3.63) is 163 Å². The highest BCUT2D eigenvalue weighted by Crippen LogP contribution is 2.56. The molecule has 3 heterocycles. The van der Waals surface area contributed by atoms with Crippen LogP contribution in [-0.4, -0.2) is 14.0 Å². The fraction of sp³-hybridized carbons (Fsp3) is 0.0652. The maximum Gasteiger partial charge on any atom is 0.220 e. The van der Waals surface area contributed by atoms with E-state index in [0.29, 0.717) is 21.3 Å². The monoisotopic (exact) mass is 663 g/mol. The Kier molecular flexibility index (Phi) is 4.59. The molecule has 0 saturated heterocycles. The molecule has 0 amide bonds. The van der Waals surface area contributed by atoms with Gasteiger partial charge in [-0.05, 0) is 98.1 Å². The van der Waals surface area contributed by atoms with Crippen LogP contribution in [0.4, 0.5) is 0 Å². The van der Waals surface area contributed by atoms with E-state index in [0.717, 1.165) is 66.6 Å². The lowest BCUT2D eigenvalue weighted by Crippen LogP contribution is -2.25. The summed E-state index contributed by atoms with van der Waals surface area (Å²) in [6.07, 6.45) is 0. The van der Waals surface area contributed by atoms with Gasteiger partial charge in [0.25, 0.3) is 0 Å². The van der Waals surface area contributed by atoms with Crippen molar-refractivity contribution in [2.75, 3.05) is 0 Å². The first-order valence-electron chi connectivity index (χ1n) is 19.7. The minimum absolute atomic E-state index is 0.254. The van der Waals surface area contributed by atoms with E-state index in [1.807, 2.05) is 108 Å². The summed E-state index contributed by atoms with van der Waals surface area (Å²) in [5.41, 5.74) is 10.2. The highest BCUT2D eigenvalue weighted by atomic mass is 32.2. The van der Waals surface area contributed by atoms with Gasteiger partial charge in [0.1, 0.15) is 0 Å². The lowest BCUT2D eigenvalue weighted by molar-refractivity contribution is 0.606. The first-order chi connectivity index (χ1) is 27.1. The standard InChI is InChI=1S/C46H31N3S/c1-46(2)36-20-13-25-42(49-41-24-12-11-23-40(41)48-39-22-10-9-21-38(39)47-45(48)49)44(36)50-43-27-35-33-19-8-6-17-31(33)29-15-4-3-14-28(29)30-16-5-7-18-32(30)34(35)26-37(43)46/h3-27H,1-2H3/i1D3,2D3. The zero-order valence-corrected chi connectivity index (χ0v) is 27.5. The Morgan fingerprint density at radius 1 is 0.520 bits per heavy atom. The van der Waals surface area contributed by atoms with Gasteiger partial charge in [-0.3, -0.25) is 8.97 Å². The first kappa shape index (κ1) is 22.7. The number of rotatable bonds is 1. The van der Waals surface area contributed by atoms with E-state index in [2.05, 4.69) is 40.8 Å². The Hall–Kier alpha value is -5.84. The van der Waals surface area contributed by atoms with E-state index >= 15 is 0 Å². The Bertz CT molecular complexity index is 3100. The van der Waals surface area contributed by atoms with Gasteiger partial charge in [-0.25, -0.2) is 4.98 Å². The number of aromatic nitrogens is 3. The zero-order chi connectivity index (χ0) is 38.1. The molecule has 0 radical (unpaired) electrons. The highest BCUT2D eigenvalue weighted by molar-refractivity contribution is 7.99. The molecule has 50 heavy (non-hydrogen) atoms. The van der Waals surface area contributed by atoms with Gasteiger partial charge in [0, 0.05) is 23.4 Å². The van der Waals surface area contributed by atoms with Crippen molar-refractivity contribution in [3.8, 4) is 50.2 Å². The lowest BCUT2D eigenvalue weighted by atomic mass is 9.74. The largest absolute Gasteiger partial charge is 0.277 e. The summed E-state index contributed by atoms with van der Waals surface area (Å²) >= 11 is 1.43. The number of fused-ring (bicyclic) bond motifs is 15. The number of imidazole rings is 2. The van der Waals surface area contributed by atoms with Gasteiger partial charge < -0.3 is 0 Å². The van der Waals surface area contributed by atoms with Crippen molar-refractivity contribution in [1.82, 2.24) is 14.0 Å². The quantitative estimate of drug-likeness (QED) is 0.174. The summed E-state index contributed by atoms with van der Waals surface area (Å²) in [5.74, 6) is 0.656. The molecule has 0 fully saturated rings. The van der Waals surface area contributed by atoms with Gasteiger partial charge >= 0.3 is 0 Å². The number of hydrogen-bond donors (Lipinski definition) is 0. The molecular weight excluding hydrogens is 627 g/mol. The summed E-state index contributed by atoms with van der Waals surface area (Å²) in [6, 6.07) is 50.1. The molecule has 0 unspecified atom stereocenters. The molecule has 236 valence electrons. The van der Waals surface area contributed by atoms with Crippen molar-refractivity contribution < 1.29 is 8.22 Å². The van der Waals surface area contributed by atoms with Crippen molar-refractivity contribution in [1.29, 1.82) is 0 Å². The lowest BCUT2D eigenvalue weighted by Gasteiger charge is -2.37. The summed E-state index contributed by atoms with van der Waals surface area (Å²) in [4.78, 5) is 6.26. The van der Waals surface area contributed by atoms with Gasteiger partial charge in [0.15, 0.2) is 0 Å². The molecule has 4 heteroatoms. The van der Waals surface area contributed by atoms with Gasteiger partial charge in [-0.1, -0.05) is 135 Å². The summed E-state index contributed by atoms with van der Waals surface area (Å²) in [5, 5.41) is 0. The summed E-state index contributed by atoms with van der Waals surface area (Å²) in [6.45, 7) is -5.95. The molecule has 0 bridgehead atoms. The van der Waals surface area contributed by atoms with Crippen LogP contribution >= 0.6 is 11.8 Å². The van der Waals surface area contributed by atoms with Crippen molar-refractivity contribution in [2.45, 2.75) is 28.9 Å². The molecule has 1 aliphatic carbocycles. The smallest absolute Gasteiger partial charge is 0.220 e. The SMILES string of the molecule is [2H]C([2H])([2H])C1(C([2H])([2H])[2H])c2cc3c(cc2Sc2c(-n4c5ccccc5n5c6ccccc6nc45)cccc21)-c1ccccc1-c1ccccc1-c1ccccc1-3. The molecule has 0 spiro atoms. The second-order valence-electron chi connectivity index (χ2n) is 13.1. The van der Waals surface area contributed by atoms with Gasteiger partial charge in [-0.15, -0.1) is 0 Å². The maximum atomic E-state index is 9.29. The summed E-state index contributed by atoms with van der Waals surface area (Å²) in [7, 11) is 0. The molecule has 0 N–H and O–H groups in total. The molecule has 9 aromatic rings. The Balaban J connectivity index is 1.27. The summed E-state index contributed by atoms with van der Waals surface area (Å²) < 4.78 is 59.9. The molecule has 3 nitrogen and oxygen atoms in total. The average Bonchev–Trinajstić information content (AvgIpc) is 3.72. The van der Waals surface area contributed by atoms with Gasteiger partial charge in [-0.2, -0.15) is 0 Å². The van der Waals surface area contributed by atoms with E-state index in [1.54, 1.807) is 12.1 Å².